The molecule has 158 valence electrons. The first-order valence-electron chi connectivity index (χ1n) is 10.7. The van der Waals surface area contributed by atoms with Gasteiger partial charge in [-0.1, -0.05) is 31.2 Å². The molecule has 2 aromatic rings. The molecule has 0 saturated carbocycles. The van der Waals surface area contributed by atoms with Crippen LogP contribution in [-0.4, -0.2) is 56.5 Å². The van der Waals surface area contributed by atoms with E-state index in [1.165, 1.54) is 5.56 Å². The minimum absolute atomic E-state index is 0.0326. The number of hydrogen-bond donors (Lipinski definition) is 0. The normalized spacial score (nSPS) is 19.3. The van der Waals surface area contributed by atoms with Crippen LogP contribution >= 0.6 is 0 Å². The van der Waals surface area contributed by atoms with Crippen LogP contribution < -0.4 is 14.5 Å². The van der Waals surface area contributed by atoms with Crippen molar-refractivity contribution >= 4 is 23.2 Å². The summed E-state index contributed by atoms with van der Waals surface area (Å²) in [5.41, 5.74) is 3.18. The molecule has 0 aliphatic carbocycles. The predicted molar refractivity (Wildman–Crippen MR) is 118 cm³/mol. The Morgan fingerprint density at radius 1 is 1.03 bits per heavy atom. The quantitative estimate of drug-likeness (QED) is 0.765. The number of carbonyl (C=O) groups excluding carboxylic acids is 2. The summed E-state index contributed by atoms with van der Waals surface area (Å²) in [5, 5.41) is 0. The Bertz CT molecular complexity index is 904. The number of hydrogen-bond acceptors (Lipinski definition) is 4. The SMILES string of the molecule is CCc1ccc(N2CC(C(=O)N3CCN(c4ccccc4OC)CC3)CC2=O)cc1. The highest BCUT2D eigenvalue weighted by molar-refractivity contribution is 6.00. The van der Waals surface area contributed by atoms with Gasteiger partial charge in [-0.2, -0.15) is 0 Å². The number of aryl methyl sites for hydroxylation is 1. The Kier molecular flexibility index (Phi) is 5.93. The van der Waals surface area contributed by atoms with Gasteiger partial charge >= 0.3 is 0 Å². The van der Waals surface area contributed by atoms with Crippen LogP contribution in [0.3, 0.4) is 0 Å². The highest BCUT2D eigenvalue weighted by Gasteiger charge is 2.38. The maximum Gasteiger partial charge on any atom is 0.228 e. The summed E-state index contributed by atoms with van der Waals surface area (Å²) in [4.78, 5) is 31.6. The zero-order chi connectivity index (χ0) is 21.1. The molecule has 6 heteroatoms. The average Bonchev–Trinajstić information content (AvgIpc) is 3.20. The van der Waals surface area contributed by atoms with Gasteiger partial charge in [0, 0.05) is 44.8 Å². The maximum atomic E-state index is 13.1. The molecule has 0 bridgehead atoms. The van der Waals surface area contributed by atoms with Gasteiger partial charge in [0.2, 0.25) is 11.8 Å². The molecule has 30 heavy (non-hydrogen) atoms. The van der Waals surface area contributed by atoms with Crippen molar-refractivity contribution in [3.05, 3.63) is 54.1 Å². The smallest absolute Gasteiger partial charge is 0.228 e. The van der Waals surface area contributed by atoms with Gasteiger partial charge in [-0.25, -0.2) is 0 Å². The Hall–Kier alpha value is -3.02. The molecule has 2 aliphatic rings. The molecule has 2 aromatic carbocycles. The number of amides is 2. The van der Waals surface area contributed by atoms with E-state index in [2.05, 4.69) is 24.0 Å². The van der Waals surface area contributed by atoms with E-state index in [1.54, 1.807) is 12.0 Å². The van der Waals surface area contributed by atoms with Gasteiger partial charge in [0.15, 0.2) is 0 Å². The number of nitrogens with zero attached hydrogens (tertiary/aromatic N) is 3. The van der Waals surface area contributed by atoms with Crippen LogP contribution in [0.4, 0.5) is 11.4 Å². The highest BCUT2D eigenvalue weighted by atomic mass is 16.5. The van der Waals surface area contributed by atoms with E-state index >= 15 is 0 Å². The number of benzene rings is 2. The van der Waals surface area contributed by atoms with E-state index in [0.29, 0.717) is 26.1 Å². The summed E-state index contributed by atoms with van der Waals surface area (Å²) in [7, 11) is 1.68. The second kappa shape index (κ2) is 8.78. The van der Waals surface area contributed by atoms with Gasteiger partial charge < -0.3 is 19.4 Å². The molecule has 6 nitrogen and oxygen atoms in total. The molecule has 0 radical (unpaired) electrons. The van der Waals surface area contributed by atoms with E-state index in [0.717, 1.165) is 36.6 Å². The number of piperazine rings is 1. The van der Waals surface area contributed by atoms with Gasteiger partial charge in [0.1, 0.15) is 5.75 Å². The van der Waals surface area contributed by atoms with Crippen LogP contribution in [-0.2, 0) is 16.0 Å². The Balaban J connectivity index is 1.37. The second-order valence-corrected chi connectivity index (χ2v) is 7.91. The molecular formula is C24H29N3O3. The Morgan fingerprint density at radius 3 is 2.40 bits per heavy atom. The average molecular weight is 408 g/mol. The molecule has 0 N–H and O–H groups in total. The molecular weight excluding hydrogens is 378 g/mol. The minimum atomic E-state index is -0.263. The zero-order valence-corrected chi connectivity index (χ0v) is 17.7. The lowest BCUT2D eigenvalue weighted by Crippen LogP contribution is -2.50. The largest absolute Gasteiger partial charge is 0.495 e. The van der Waals surface area contributed by atoms with E-state index in [1.807, 2.05) is 41.3 Å². The third kappa shape index (κ3) is 3.99. The molecule has 2 heterocycles. The van der Waals surface area contributed by atoms with Crippen LogP contribution in [0.25, 0.3) is 0 Å². The first-order valence-corrected chi connectivity index (χ1v) is 10.7. The van der Waals surface area contributed by atoms with Crippen LogP contribution in [0.1, 0.15) is 18.9 Å². The molecule has 0 aromatic heterocycles. The fourth-order valence-corrected chi connectivity index (χ4v) is 4.35. The van der Waals surface area contributed by atoms with Crippen LogP contribution in [0, 0.1) is 5.92 Å². The lowest BCUT2D eigenvalue weighted by Gasteiger charge is -2.37. The van der Waals surface area contributed by atoms with Crippen molar-refractivity contribution in [3.8, 4) is 5.75 Å². The van der Waals surface area contributed by atoms with Crippen molar-refractivity contribution in [1.29, 1.82) is 0 Å². The molecule has 2 fully saturated rings. The van der Waals surface area contributed by atoms with Crippen molar-refractivity contribution in [2.75, 3.05) is 49.6 Å². The van der Waals surface area contributed by atoms with Crippen LogP contribution in [0.2, 0.25) is 0 Å². The standard InChI is InChI=1S/C24H29N3O3/c1-3-18-8-10-20(11-9-18)27-17-19(16-23(27)28)24(29)26-14-12-25(13-15-26)21-6-4-5-7-22(21)30-2/h4-11,19H,3,12-17H2,1-2H3. The third-order valence-electron chi connectivity index (χ3n) is 6.15. The molecule has 2 saturated heterocycles. The van der Waals surface area contributed by atoms with E-state index in [4.69, 9.17) is 4.74 Å². The van der Waals surface area contributed by atoms with Crippen molar-refractivity contribution in [2.24, 2.45) is 5.92 Å². The molecule has 1 atom stereocenters. The molecule has 0 spiro atoms. The third-order valence-corrected chi connectivity index (χ3v) is 6.15. The minimum Gasteiger partial charge on any atom is -0.495 e. The van der Waals surface area contributed by atoms with Gasteiger partial charge in [-0.05, 0) is 36.2 Å². The van der Waals surface area contributed by atoms with Crippen LogP contribution in [0.5, 0.6) is 5.75 Å². The predicted octanol–water partition coefficient (Wildman–Crippen LogP) is 2.96. The molecule has 2 amide bonds. The highest BCUT2D eigenvalue weighted by Crippen LogP contribution is 2.30. The first kappa shape index (κ1) is 20.3. The fraction of sp³-hybridized carbons (Fsp3) is 0.417. The monoisotopic (exact) mass is 407 g/mol. The summed E-state index contributed by atoms with van der Waals surface area (Å²) >= 11 is 0. The number of para-hydroxylation sites is 2. The second-order valence-electron chi connectivity index (χ2n) is 7.91. The van der Waals surface area contributed by atoms with E-state index in [9.17, 15) is 9.59 Å². The summed E-state index contributed by atoms with van der Waals surface area (Å²) in [6.45, 7) is 5.41. The molecule has 4 rings (SSSR count). The van der Waals surface area contributed by atoms with Gasteiger partial charge in [0.05, 0.1) is 18.7 Å². The number of carbonyl (C=O) groups is 2. The lowest BCUT2D eigenvalue weighted by atomic mass is 10.1. The van der Waals surface area contributed by atoms with Gasteiger partial charge in [-0.3, -0.25) is 9.59 Å². The summed E-state index contributed by atoms with van der Waals surface area (Å²) in [6, 6.07) is 16.0. The number of anilines is 2. The zero-order valence-electron chi connectivity index (χ0n) is 17.7. The number of ether oxygens (including phenoxy) is 1. The van der Waals surface area contributed by atoms with Gasteiger partial charge in [0.25, 0.3) is 0 Å². The first-order chi connectivity index (χ1) is 14.6. The summed E-state index contributed by atoms with van der Waals surface area (Å²) in [6.07, 6.45) is 1.26. The molecule has 2 aliphatic heterocycles. The lowest BCUT2D eigenvalue weighted by molar-refractivity contribution is -0.136. The maximum absolute atomic E-state index is 13.1. The Morgan fingerprint density at radius 2 is 1.73 bits per heavy atom. The fourth-order valence-electron chi connectivity index (χ4n) is 4.35. The van der Waals surface area contributed by atoms with E-state index in [-0.39, 0.29) is 17.7 Å². The summed E-state index contributed by atoms with van der Waals surface area (Å²) < 4.78 is 5.47. The van der Waals surface area contributed by atoms with Crippen LogP contribution in [0.15, 0.2) is 48.5 Å². The molecule has 1 unspecified atom stereocenters. The number of methoxy groups -OCH3 is 1. The number of rotatable bonds is 5. The van der Waals surface area contributed by atoms with Crippen molar-refractivity contribution in [1.82, 2.24) is 4.90 Å². The van der Waals surface area contributed by atoms with Gasteiger partial charge in [-0.15, -0.1) is 0 Å². The Labute approximate surface area is 178 Å². The van der Waals surface area contributed by atoms with E-state index < -0.39 is 0 Å². The van der Waals surface area contributed by atoms with Crippen molar-refractivity contribution in [3.63, 3.8) is 0 Å². The summed E-state index contributed by atoms with van der Waals surface area (Å²) in [5.74, 6) is 0.713. The topological polar surface area (TPSA) is 53.1 Å². The van der Waals surface area contributed by atoms with Crippen molar-refractivity contribution < 1.29 is 14.3 Å². The van der Waals surface area contributed by atoms with Crippen molar-refractivity contribution in [2.45, 2.75) is 19.8 Å².